The number of aliphatic carboxylic acids is 1. The summed E-state index contributed by atoms with van der Waals surface area (Å²) in [5.74, 6) is -0.326. The molecule has 1 unspecified atom stereocenters. The van der Waals surface area contributed by atoms with Gasteiger partial charge in [0, 0.05) is 40.3 Å². The molecule has 182 valence electrons. The number of β-lactam (4-membered cyclic amide) rings is 1. The molecule has 2 saturated heterocycles. The highest BCUT2D eigenvalue weighted by Crippen LogP contribution is 2.40. The number of pyridine rings is 1. The number of nitrogens with zero attached hydrogens (tertiary/aromatic N) is 4. The van der Waals surface area contributed by atoms with Gasteiger partial charge in [0.2, 0.25) is 0 Å². The second kappa shape index (κ2) is 9.87. The van der Waals surface area contributed by atoms with Crippen LogP contribution in [0.4, 0.5) is 5.13 Å². The van der Waals surface area contributed by atoms with Gasteiger partial charge in [-0.25, -0.2) is 14.3 Å². The Morgan fingerprint density at radius 2 is 2.09 bits per heavy atom. The maximum Gasteiger partial charge on any atom is 0.352 e. The molecule has 5 rings (SSSR count). The lowest BCUT2D eigenvalue weighted by atomic mass is 10.0. The van der Waals surface area contributed by atoms with E-state index in [4.69, 9.17) is 10.6 Å². The lowest BCUT2D eigenvalue weighted by Gasteiger charge is -2.49. The highest BCUT2D eigenvalue weighted by Gasteiger charge is 2.54. The maximum absolute atomic E-state index is 13.1. The fraction of sp³-hybridized carbons (Fsp3) is 0.333. The number of carbonyl (C=O) groups excluding carboxylic acids is 2. The minimum atomic E-state index is -1.17. The van der Waals surface area contributed by atoms with Crippen LogP contribution >= 0.6 is 34.9 Å². The first-order chi connectivity index (χ1) is 16.9. The van der Waals surface area contributed by atoms with Crippen LogP contribution in [0.5, 0.6) is 0 Å². The Hall–Kier alpha value is -3.10. The Bertz CT molecular complexity index is 1230. The first-order valence-electron chi connectivity index (χ1n) is 10.6. The van der Waals surface area contributed by atoms with Crippen molar-refractivity contribution in [3.05, 3.63) is 52.9 Å². The van der Waals surface area contributed by atoms with Gasteiger partial charge in [-0.1, -0.05) is 11.2 Å². The van der Waals surface area contributed by atoms with Crippen molar-refractivity contribution in [3.63, 3.8) is 0 Å². The van der Waals surface area contributed by atoms with E-state index in [1.807, 2.05) is 35.2 Å². The summed E-state index contributed by atoms with van der Waals surface area (Å²) < 4.78 is 1.85. The minimum Gasteiger partial charge on any atom is -0.477 e. The van der Waals surface area contributed by atoms with Gasteiger partial charge >= 0.3 is 5.97 Å². The quantitative estimate of drug-likeness (QED) is 0.188. The minimum absolute atomic E-state index is 0.0346. The number of oxime groups is 1. The van der Waals surface area contributed by atoms with Crippen molar-refractivity contribution in [1.29, 1.82) is 0 Å². The average Bonchev–Trinajstić information content (AvgIpc) is 3.24. The van der Waals surface area contributed by atoms with Crippen molar-refractivity contribution in [1.82, 2.24) is 15.2 Å². The van der Waals surface area contributed by atoms with Crippen LogP contribution in [0.1, 0.15) is 5.69 Å². The molecule has 3 aliphatic rings. The van der Waals surface area contributed by atoms with Crippen LogP contribution in [0.3, 0.4) is 0 Å². The molecule has 0 bridgehead atoms. The highest BCUT2D eigenvalue weighted by molar-refractivity contribution is 8.00. The molecule has 0 aliphatic carbocycles. The Morgan fingerprint density at radius 3 is 2.71 bits per heavy atom. The molecule has 5 heterocycles. The summed E-state index contributed by atoms with van der Waals surface area (Å²) in [6, 6.07) is 4.67. The van der Waals surface area contributed by atoms with Crippen LogP contribution in [0.2, 0.25) is 0 Å². The average molecular weight is 534 g/mol. The monoisotopic (exact) mass is 533 g/mol. The van der Waals surface area contributed by atoms with Crippen LogP contribution in [-0.2, 0) is 25.8 Å². The Balaban J connectivity index is 1.33. The summed E-state index contributed by atoms with van der Waals surface area (Å²) in [5, 5.41) is 17.9. The smallest absolute Gasteiger partial charge is 0.352 e. The van der Waals surface area contributed by atoms with E-state index in [2.05, 4.69) is 15.5 Å². The van der Waals surface area contributed by atoms with E-state index in [-0.39, 0.29) is 28.3 Å². The lowest BCUT2D eigenvalue weighted by molar-refractivity contribution is -0.689. The number of carboxylic acid groups (broad SMARTS) is 1. The summed E-state index contributed by atoms with van der Waals surface area (Å²) in [7, 11) is 0. The van der Waals surface area contributed by atoms with Crippen molar-refractivity contribution in [2.75, 3.05) is 23.0 Å². The number of fused-ring (bicyclic) bond motifs is 1. The first-order valence-corrected chi connectivity index (χ1v) is 13.7. The molecule has 14 heteroatoms. The van der Waals surface area contributed by atoms with Gasteiger partial charge in [0.1, 0.15) is 28.9 Å². The summed E-state index contributed by atoms with van der Waals surface area (Å²) in [6.45, 7) is 0.349. The largest absolute Gasteiger partial charge is 0.477 e. The highest BCUT2D eigenvalue weighted by atomic mass is 32.2. The van der Waals surface area contributed by atoms with Gasteiger partial charge in [-0.3, -0.25) is 14.5 Å². The number of nitrogen functional groups attached to an aromatic ring is 1. The zero-order valence-corrected chi connectivity index (χ0v) is 20.6. The molecular formula is C21H21N6O5S3+. The molecule has 4 N–H and O–H groups in total. The standard InChI is InChI=1S/C21H20N6O5S3/c22-21-23-13(10-35-21)14(25-32-12-8-33-9-12)17(28)24-15-18(29)27-16(20(30)31)11(7-34-19(15)27)6-26-4-2-1-3-5-26/h1-5,10,12,15,19H,6-9H2,(H3-,22,23,24,28,30,31)/p+1/t15?,19-/m1/s1. The summed E-state index contributed by atoms with van der Waals surface area (Å²) in [4.78, 5) is 49.0. The van der Waals surface area contributed by atoms with E-state index in [9.17, 15) is 19.5 Å². The number of hydrogen-bond acceptors (Lipinski definition) is 10. The van der Waals surface area contributed by atoms with Gasteiger partial charge in [-0.15, -0.1) is 23.1 Å². The zero-order chi connectivity index (χ0) is 24.5. The third-order valence-electron chi connectivity index (χ3n) is 5.57. The van der Waals surface area contributed by atoms with Crippen LogP contribution in [0, 0.1) is 0 Å². The summed E-state index contributed by atoms with van der Waals surface area (Å²) in [5.41, 5.74) is 6.49. The van der Waals surface area contributed by atoms with E-state index in [1.165, 1.54) is 16.7 Å². The van der Waals surface area contributed by atoms with Gasteiger partial charge in [-0.05, 0) is 0 Å². The molecule has 3 aliphatic heterocycles. The normalized spacial score (nSPS) is 22.2. The Morgan fingerprint density at radius 1 is 1.31 bits per heavy atom. The number of thioether (sulfide) groups is 2. The lowest BCUT2D eigenvalue weighted by Crippen LogP contribution is -2.71. The van der Waals surface area contributed by atoms with Crippen LogP contribution in [0.15, 0.2) is 52.4 Å². The van der Waals surface area contributed by atoms with E-state index in [1.54, 1.807) is 17.1 Å². The number of anilines is 1. The van der Waals surface area contributed by atoms with Gasteiger partial charge in [0.05, 0.1) is 0 Å². The fourth-order valence-electron chi connectivity index (χ4n) is 3.78. The van der Waals surface area contributed by atoms with E-state index in [0.717, 1.165) is 22.8 Å². The molecule has 2 amide bonds. The van der Waals surface area contributed by atoms with Gasteiger partial charge in [0.15, 0.2) is 29.8 Å². The number of rotatable bonds is 8. The Kier molecular flexibility index (Phi) is 6.67. The molecule has 2 atom stereocenters. The molecule has 0 spiro atoms. The third kappa shape index (κ3) is 4.73. The first kappa shape index (κ1) is 23.6. The number of nitrogens with one attached hydrogen (secondary N) is 1. The van der Waals surface area contributed by atoms with E-state index in [0.29, 0.717) is 17.9 Å². The SMILES string of the molecule is Nc1nc(C(=NOC2CSC2)C(=O)NC2C(=O)N3C(C(=O)O)=C(C[n+]4ccccc4)CS[C@H]23)cs1. The number of carboxylic acids is 1. The number of nitrogens with two attached hydrogens (primary N) is 1. The number of aromatic nitrogens is 2. The molecular weight excluding hydrogens is 512 g/mol. The number of amides is 2. The molecule has 2 aromatic heterocycles. The van der Waals surface area contributed by atoms with Crippen LogP contribution in [0.25, 0.3) is 0 Å². The zero-order valence-electron chi connectivity index (χ0n) is 18.2. The van der Waals surface area contributed by atoms with Crippen molar-refractivity contribution in [2.45, 2.75) is 24.1 Å². The topological polar surface area (TPSA) is 151 Å². The molecule has 2 fully saturated rings. The van der Waals surface area contributed by atoms with Crippen LogP contribution in [-0.4, -0.2) is 73.3 Å². The van der Waals surface area contributed by atoms with Gasteiger partial charge in [-0.2, -0.15) is 11.8 Å². The molecule has 0 radical (unpaired) electrons. The van der Waals surface area contributed by atoms with Crippen molar-refractivity contribution < 1.29 is 28.9 Å². The Labute approximate surface area is 212 Å². The molecule has 11 nitrogen and oxygen atoms in total. The second-order valence-corrected chi connectivity index (χ2v) is 11.0. The summed E-state index contributed by atoms with van der Waals surface area (Å²) in [6.07, 6.45) is 3.58. The molecule has 0 saturated carbocycles. The number of hydrogen-bond donors (Lipinski definition) is 3. The van der Waals surface area contributed by atoms with E-state index < -0.39 is 29.2 Å². The molecule has 2 aromatic rings. The van der Waals surface area contributed by atoms with Gasteiger partial charge in [0.25, 0.3) is 11.8 Å². The van der Waals surface area contributed by atoms with Crippen LogP contribution < -0.4 is 15.6 Å². The number of thiazole rings is 1. The number of carbonyl (C=O) groups is 3. The fourth-order valence-corrected chi connectivity index (χ4v) is 6.21. The van der Waals surface area contributed by atoms with Crippen molar-refractivity contribution >= 4 is 63.5 Å². The third-order valence-corrected chi connectivity index (χ3v) is 8.80. The van der Waals surface area contributed by atoms with Crippen molar-refractivity contribution in [3.8, 4) is 0 Å². The van der Waals surface area contributed by atoms with Gasteiger partial charge < -0.3 is 21.0 Å². The van der Waals surface area contributed by atoms with E-state index >= 15 is 0 Å². The summed E-state index contributed by atoms with van der Waals surface area (Å²) >= 11 is 4.27. The predicted molar refractivity (Wildman–Crippen MR) is 132 cm³/mol. The molecule has 35 heavy (non-hydrogen) atoms. The van der Waals surface area contributed by atoms with Crippen molar-refractivity contribution in [2.24, 2.45) is 5.16 Å². The second-order valence-electron chi connectivity index (χ2n) is 7.94. The maximum atomic E-state index is 13.1. The predicted octanol–water partition coefficient (Wildman–Crippen LogP) is 0.288. The molecule has 0 aromatic carbocycles.